The molecule has 0 fully saturated rings. The zero-order valence-electron chi connectivity index (χ0n) is 26.7. The maximum Gasteiger partial charge on any atom is 0.264 e. The van der Waals surface area contributed by atoms with Crippen molar-refractivity contribution in [2.75, 3.05) is 10.8 Å². The van der Waals surface area contributed by atoms with E-state index < -0.39 is 28.5 Å². The molecule has 2 amide bonds. The van der Waals surface area contributed by atoms with Crippen LogP contribution in [-0.4, -0.2) is 43.8 Å². The first-order valence-corrected chi connectivity index (χ1v) is 16.8. The highest BCUT2D eigenvalue weighted by atomic mass is 32.2. The monoisotopic (exact) mass is 625 g/mol. The van der Waals surface area contributed by atoms with E-state index in [0.29, 0.717) is 12.1 Å². The van der Waals surface area contributed by atoms with Gasteiger partial charge < -0.3 is 10.2 Å². The molecule has 0 saturated carbocycles. The van der Waals surface area contributed by atoms with Gasteiger partial charge in [0.25, 0.3) is 10.0 Å². The molecule has 0 aliphatic heterocycles. The number of hydrogen-bond donors (Lipinski definition) is 1. The van der Waals surface area contributed by atoms with E-state index in [1.54, 1.807) is 41.3 Å². The Balaban J connectivity index is 1.84. The van der Waals surface area contributed by atoms with Crippen LogP contribution in [0.1, 0.15) is 48.6 Å². The van der Waals surface area contributed by atoms with E-state index >= 15 is 0 Å². The van der Waals surface area contributed by atoms with Gasteiger partial charge in [0.15, 0.2) is 0 Å². The van der Waals surface area contributed by atoms with Crippen molar-refractivity contribution >= 4 is 27.5 Å². The molecular formula is C37H43N3O4S. The van der Waals surface area contributed by atoms with Gasteiger partial charge in [0.1, 0.15) is 12.6 Å². The van der Waals surface area contributed by atoms with Gasteiger partial charge in [-0.25, -0.2) is 8.42 Å². The van der Waals surface area contributed by atoms with Gasteiger partial charge in [-0.15, -0.1) is 0 Å². The van der Waals surface area contributed by atoms with Gasteiger partial charge >= 0.3 is 0 Å². The number of rotatable bonds is 13. The molecule has 8 heteroatoms. The summed E-state index contributed by atoms with van der Waals surface area (Å²) >= 11 is 0. The summed E-state index contributed by atoms with van der Waals surface area (Å²) < 4.78 is 29.8. The van der Waals surface area contributed by atoms with E-state index in [-0.39, 0.29) is 29.8 Å². The second-order valence-electron chi connectivity index (χ2n) is 11.6. The highest BCUT2D eigenvalue weighted by Crippen LogP contribution is 2.29. The Morgan fingerprint density at radius 1 is 0.778 bits per heavy atom. The SMILES string of the molecule is CCc1ccccc1N(CC(=O)N(Cc1ccccc1C)C(Cc1ccccc1)C(=O)NC(C)C)S(=O)(=O)c1ccc(C)cc1. The average molecular weight is 626 g/mol. The molecule has 4 aromatic rings. The molecule has 4 rings (SSSR count). The van der Waals surface area contributed by atoms with E-state index in [4.69, 9.17) is 0 Å². The van der Waals surface area contributed by atoms with Crippen LogP contribution in [0.2, 0.25) is 0 Å². The number of benzene rings is 4. The lowest BCUT2D eigenvalue weighted by molar-refractivity contribution is -0.140. The van der Waals surface area contributed by atoms with Crippen LogP contribution in [0.15, 0.2) is 108 Å². The van der Waals surface area contributed by atoms with Crippen LogP contribution in [0.4, 0.5) is 5.69 Å². The number of carbonyl (C=O) groups excluding carboxylic acids is 2. The number of amides is 2. The minimum Gasteiger partial charge on any atom is -0.352 e. The molecule has 1 unspecified atom stereocenters. The molecular weight excluding hydrogens is 582 g/mol. The van der Waals surface area contributed by atoms with Gasteiger partial charge in [-0.2, -0.15) is 0 Å². The van der Waals surface area contributed by atoms with Crippen molar-refractivity contribution in [2.24, 2.45) is 0 Å². The maximum absolute atomic E-state index is 14.6. The molecule has 0 aliphatic rings. The predicted molar refractivity (Wildman–Crippen MR) is 180 cm³/mol. The molecule has 7 nitrogen and oxygen atoms in total. The summed E-state index contributed by atoms with van der Waals surface area (Å²) in [5, 5.41) is 3.00. The summed E-state index contributed by atoms with van der Waals surface area (Å²) in [6.45, 7) is 9.23. The first-order chi connectivity index (χ1) is 21.5. The van der Waals surface area contributed by atoms with Crippen molar-refractivity contribution < 1.29 is 18.0 Å². The number of nitrogens with zero attached hydrogens (tertiary/aromatic N) is 2. The molecule has 0 aliphatic carbocycles. The minimum atomic E-state index is -4.15. The number of carbonyl (C=O) groups is 2. The quantitative estimate of drug-likeness (QED) is 0.191. The fourth-order valence-corrected chi connectivity index (χ4v) is 6.76. The molecule has 236 valence electrons. The molecule has 0 heterocycles. The molecule has 1 atom stereocenters. The number of hydrogen-bond acceptors (Lipinski definition) is 4. The Morgan fingerprint density at radius 3 is 2.00 bits per heavy atom. The first kappa shape index (κ1) is 33.5. The van der Waals surface area contributed by atoms with E-state index in [9.17, 15) is 18.0 Å². The standard InChI is InChI=1S/C37H43N3O4S/c1-6-31-17-12-13-19-34(31)40(45(43,44)33-22-20-28(4)21-23-33)26-36(41)39(25-32-18-11-10-14-29(32)5)35(37(42)38-27(2)3)24-30-15-8-7-9-16-30/h7-23,27,35H,6,24-26H2,1-5H3,(H,38,42). The van der Waals surface area contributed by atoms with Crippen molar-refractivity contribution in [3.63, 3.8) is 0 Å². The Kier molecular flexibility index (Phi) is 11.2. The first-order valence-electron chi connectivity index (χ1n) is 15.4. The Bertz CT molecular complexity index is 1700. The third kappa shape index (κ3) is 8.39. The maximum atomic E-state index is 14.6. The van der Waals surface area contributed by atoms with Gasteiger partial charge in [-0.05, 0) is 74.6 Å². The third-order valence-electron chi connectivity index (χ3n) is 7.83. The van der Waals surface area contributed by atoms with Crippen LogP contribution in [0.5, 0.6) is 0 Å². The molecule has 0 aromatic heterocycles. The lowest BCUT2D eigenvalue weighted by Crippen LogP contribution is -2.54. The normalized spacial score (nSPS) is 12.0. The van der Waals surface area contributed by atoms with Gasteiger partial charge in [0.05, 0.1) is 10.6 Å². The van der Waals surface area contributed by atoms with Crippen LogP contribution >= 0.6 is 0 Å². The summed E-state index contributed by atoms with van der Waals surface area (Å²) in [4.78, 5) is 30.1. The zero-order valence-corrected chi connectivity index (χ0v) is 27.6. The lowest BCUT2D eigenvalue weighted by Gasteiger charge is -2.35. The number of para-hydroxylation sites is 1. The fraction of sp³-hybridized carbons (Fsp3) is 0.297. The second kappa shape index (κ2) is 15.0. The molecule has 4 aromatic carbocycles. The molecule has 1 N–H and O–H groups in total. The van der Waals surface area contributed by atoms with Crippen molar-refractivity contribution in [1.29, 1.82) is 0 Å². The predicted octanol–water partition coefficient (Wildman–Crippen LogP) is 6.23. The smallest absolute Gasteiger partial charge is 0.264 e. The van der Waals surface area contributed by atoms with E-state index in [1.165, 1.54) is 4.31 Å². The largest absolute Gasteiger partial charge is 0.352 e. The highest BCUT2D eigenvalue weighted by molar-refractivity contribution is 7.92. The van der Waals surface area contributed by atoms with Gasteiger partial charge in [0.2, 0.25) is 11.8 Å². The topological polar surface area (TPSA) is 86.8 Å². The van der Waals surface area contributed by atoms with Crippen molar-refractivity contribution in [3.05, 3.63) is 131 Å². The Hall–Kier alpha value is -4.43. The second-order valence-corrected chi connectivity index (χ2v) is 13.5. The van der Waals surface area contributed by atoms with Gasteiger partial charge in [-0.1, -0.05) is 97.4 Å². The van der Waals surface area contributed by atoms with Gasteiger partial charge in [-0.3, -0.25) is 13.9 Å². The summed E-state index contributed by atoms with van der Waals surface area (Å²) in [7, 11) is -4.15. The summed E-state index contributed by atoms with van der Waals surface area (Å²) in [5.74, 6) is -0.766. The third-order valence-corrected chi connectivity index (χ3v) is 9.61. The molecule has 0 radical (unpaired) electrons. The minimum absolute atomic E-state index is 0.0932. The van der Waals surface area contributed by atoms with Gasteiger partial charge in [0, 0.05) is 19.0 Å². The van der Waals surface area contributed by atoms with Crippen LogP contribution in [0, 0.1) is 13.8 Å². The molecule has 0 saturated heterocycles. The van der Waals surface area contributed by atoms with Crippen molar-refractivity contribution in [1.82, 2.24) is 10.2 Å². The zero-order chi connectivity index (χ0) is 32.6. The van der Waals surface area contributed by atoms with E-state index in [0.717, 1.165) is 27.8 Å². The van der Waals surface area contributed by atoms with Crippen LogP contribution < -0.4 is 9.62 Å². The average Bonchev–Trinajstić information content (AvgIpc) is 3.02. The molecule has 45 heavy (non-hydrogen) atoms. The summed E-state index contributed by atoms with van der Waals surface area (Å²) in [5.41, 5.74) is 4.90. The molecule has 0 bridgehead atoms. The highest BCUT2D eigenvalue weighted by Gasteiger charge is 2.35. The fourth-order valence-electron chi connectivity index (χ4n) is 5.31. The Morgan fingerprint density at radius 2 is 1.38 bits per heavy atom. The Labute approximate surface area is 268 Å². The number of anilines is 1. The number of nitrogens with one attached hydrogen (secondary N) is 1. The summed E-state index contributed by atoms with van der Waals surface area (Å²) in [6, 6.07) is 30.1. The molecule has 0 spiro atoms. The summed E-state index contributed by atoms with van der Waals surface area (Å²) in [6.07, 6.45) is 0.845. The number of sulfonamides is 1. The van der Waals surface area contributed by atoms with E-state index in [1.807, 2.05) is 101 Å². The van der Waals surface area contributed by atoms with E-state index in [2.05, 4.69) is 5.32 Å². The van der Waals surface area contributed by atoms with Crippen molar-refractivity contribution in [2.45, 2.75) is 71.0 Å². The van der Waals surface area contributed by atoms with Crippen molar-refractivity contribution in [3.8, 4) is 0 Å². The van der Waals surface area contributed by atoms with Crippen LogP contribution in [0.3, 0.4) is 0 Å². The lowest BCUT2D eigenvalue weighted by atomic mass is 10.0. The number of aryl methyl sites for hydroxylation is 3. The van der Waals surface area contributed by atoms with Crippen LogP contribution in [-0.2, 0) is 39.0 Å². The van der Waals surface area contributed by atoms with Crippen LogP contribution in [0.25, 0.3) is 0 Å².